The summed E-state index contributed by atoms with van der Waals surface area (Å²) in [6.45, 7) is 3.61. The summed E-state index contributed by atoms with van der Waals surface area (Å²) in [4.78, 5) is 22.6. The minimum absolute atomic E-state index is 0.116. The lowest BCUT2D eigenvalue weighted by molar-refractivity contribution is -0.0116. The normalized spacial score (nSPS) is 23.8. The van der Waals surface area contributed by atoms with E-state index in [1.165, 1.54) is 0 Å². The number of aliphatic hydroxyl groups excluding tert-OH is 1. The van der Waals surface area contributed by atoms with Gasteiger partial charge in [-0.2, -0.15) is 5.10 Å². The van der Waals surface area contributed by atoms with Gasteiger partial charge in [0.25, 0.3) is 0 Å². The number of benzene rings is 1. The maximum atomic E-state index is 12.5. The number of halogens is 1. The molecule has 9 heteroatoms. The molecule has 0 bridgehead atoms. The summed E-state index contributed by atoms with van der Waals surface area (Å²) in [6, 6.07) is 5.35. The Morgan fingerprint density at radius 2 is 2.03 bits per heavy atom. The molecule has 2 N–H and O–H groups in total. The fourth-order valence-corrected chi connectivity index (χ4v) is 5.15. The van der Waals surface area contributed by atoms with E-state index in [4.69, 9.17) is 11.6 Å². The summed E-state index contributed by atoms with van der Waals surface area (Å²) in [5.74, 6) is 0.768. The molecule has 2 atom stereocenters. The molecule has 0 saturated carbocycles. The Labute approximate surface area is 178 Å². The molecular weight excluding hydrogens is 404 g/mol. The molecule has 0 radical (unpaired) electrons. The smallest absolute Gasteiger partial charge is 0.317 e. The van der Waals surface area contributed by atoms with Crippen LogP contribution in [0.3, 0.4) is 0 Å². The summed E-state index contributed by atoms with van der Waals surface area (Å²) in [7, 11) is 0. The minimum Gasteiger partial charge on any atom is -0.386 e. The number of carbonyl (C=O) groups is 1. The fourth-order valence-electron chi connectivity index (χ4n) is 4.92. The van der Waals surface area contributed by atoms with Gasteiger partial charge >= 0.3 is 6.03 Å². The number of urea groups is 1. The van der Waals surface area contributed by atoms with Crippen LogP contribution in [0.5, 0.6) is 0 Å². The number of carbonyl (C=O) groups excluding carboxylic acids is 1. The quantitative estimate of drug-likeness (QED) is 0.671. The highest BCUT2D eigenvalue weighted by Gasteiger charge is 2.50. The predicted octanol–water partition coefficient (Wildman–Crippen LogP) is 2.86. The van der Waals surface area contributed by atoms with Gasteiger partial charge in [-0.25, -0.2) is 14.8 Å². The Kier molecular flexibility index (Phi) is 4.63. The lowest BCUT2D eigenvalue weighted by Crippen LogP contribution is -2.50. The van der Waals surface area contributed by atoms with Crippen molar-refractivity contribution in [2.45, 2.75) is 38.0 Å². The Hall–Kier alpha value is -2.71. The van der Waals surface area contributed by atoms with E-state index in [1.807, 2.05) is 27.9 Å². The largest absolute Gasteiger partial charge is 0.386 e. The first-order valence-electron chi connectivity index (χ1n) is 10.1. The van der Waals surface area contributed by atoms with Crippen molar-refractivity contribution in [3.8, 4) is 0 Å². The standard InChI is InChI=1S/C21H23ClN6O2/c1-21(19(29)16-10-15(22)9-13-11-26-28(21)18(13)16)14-3-7-27(8-4-14)20(30)25-12-17-23-5-2-6-24-17/h2,5-6,9-11,14,19,29H,3-4,7-8,12H2,1H3,(H,25,30)/t19-,21?/m1/s1. The first-order chi connectivity index (χ1) is 14.5. The number of aliphatic hydroxyl groups is 1. The van der Waals surface area contributed by atoms with Crippen molar-refractivity contribution in [3.63, 3.8) is 0 Å². The third kappa shape index (κ3) is 2.94. The molecular formula is C21H23ClN6O2. The van der Waals surface area contributed by atoms with Crippen molar-refractivity contribution in [3.05, 3.63) is 53.2 Å². The van der Waals surface area contributed by atoms with Crippen molar-refractivity contribution in [1.29, 1.82) is 0 Å². The van der Waals surface area contributed by atoms with Crippen LogP contribution in [0.2, 0.25) is 5.02 Å². The third-order valence-corrected chi connectivity index (χ3v) is 6.81. The second kappa shape index (κ2) is 7.21. The SMILES string of the molecule is CC1(C2CCN(C(=O)NCc3ncccn3)CC2)[C@H](O)c2cc(Cl)cc3cnn1c23. The van der Waals surface area contributed by atoms with Crippen LogP contribution in [0.15, 0.2) is 36.8 Å². The van der Waals surface area contributed by atoms with Crippen molar-refractivity contribution < 1.29 is 9.90 Å². The van der Waals surface area contributed by atoms with Crippen LogP contribution in [-0.2, 0) is 12.1 Å². The van der Waals surface area contributed by atoms with Crippen LogP contribution in [-0.4, -0.2) is 48.9 Å². The highest BCUT2D eigenvalue weighted by Crippen LogP contribution is 2.51. The van der Waals surface area contributed by atoms with Gasteiger partial charge in [-0.15, -0.1) is 0 Å². The molecule has 4 heterocycles. The number of nitrogens with zero attached hydrogens (tertiary/aromatic N) is 5. The summed E-state index contributed by atoms with van der Waals surface area (Å²) in [5, 5.41) is 20.2. The van der Waals surface area contributed by atoms with Crippen LogP contribution in [0, 0.1) is 5.92 Å². The van der Waals surface area contributed by atoms with Crippen molar-refractivity contribution in [2.75, 3.05) is 13.1 Å². The lowest BCUT2D eigenvalue weighted by atomic mass is 9.75. The van der Waals surface area contributed by atoms with Crippen LogP contribution >= 0.6 is 11.6 Å². The topological polar surface area (TPSA) is 96.2 Å². The second-order valence-electron chi connectivity index (χ2n) is 8.20. The zero-order valence-corrected chi connectivity index (χ0v) is 17.4. The molecule has 2 aromatic heterocycles. The van der Waals surface area contributed by atoms with Crippen LogP contribution in [0.25, 0.3) is 10.9 Å². The monoisotopic (exact) mass is 426 g/mol. The first-order valence-corrected chi connectivity index (χ1v) is 10.5. The molecule has 0 spiro atoms. The van der Waals surface area contributed by atoms with Gasteiger partial charge in [0.2, 0.25) is 0 Å². The van der Waals surface area contributed by atoms with Crippen molar-refractivity contribution in [2.24, 2.45) is 5.92 Å². The minimum atomic E-state index is -0.678. The van der Waals surface area contributed by atoms with Gasteiger partial charge in [-0.3, -0.25) is 4.68 Å². The molecule has 0 aliphatic carbocycles. The molecule has 5 rings (SSSR count). The van der Waals surface area contributed by atoms with E-state index in [0.717, 1.165) is 29.3 Å². The summed E-state index contributed by atoms with van der Waals surface area (Å²) < 4.78 is 1.96. The van der Waals surface area contributed by atoms with Crippen LogP contribution in [0.4, 0.5) is 4.79 Å². The van der Waals surface area contributed by atoms with Crippen molar-refractivity contribution >= 4 is 28.5 Å². The van der Waals surface area contributed by atoms with Crippen molar-refractivity contribution in [1.82, 2.24) is 30.0 Å². The Morgan fingerprint density at radius 3 is 2.77 bits per heavy atom. The van der Waals surface area contributed by atoms with E-state index >= 15 is 0 Å². The molecule has 8 nitrogen and oxygen atoms in total. The molecule has 1 saturated heterocycles. The maximum Gasteiger partial charge on any atom is 0.317 e. The van der Waals surface area contributed by atoms with Gasteiger partial charge in [0.15, 0.2) is 0 Å². The number of aromatic nitrogens is 4. The molecule has 2 aliphatic heterocycles. The molecule has 156 valence electrons. The number of amides is 2. The zero-order chi connectivity index (χ0) is 20.9. The Balaban J connectivity index is 1.28. The van der Waals surface area contributed by atoms with E-state index < -0.39 is 11.6 Å². The molecule has 1 unspecified atom stereocenters. The highest BCUT2D eigenvalue weighted by molar-refractivity contribution is 6.31. The molecule has 2 aliphatic rings. The van der Waals surface area contributed by atoms with E-state index in [2.05, 4.69) is 27.3 Å². The van der Waals surface area contributed by atoms with E-state index in [9.17, 15) is 9.90 Å². The van der Waals surface area contributed by atoms with E-state index in [0.29, 0.717) is 30.5 Å². The summed E-state index contributed by atoms with van der Waals surface area (Å²) in [6.07, 6.45) is 6.01. The Morgan fingerprint density at radius 1 is 1.30 bits per heavy atom. The van der Waals surface area contributed by atoms with E-state index in [1.54, 1.807) is 18.5 Å². The number of hydrogen-bond acceptors (Lipinski definition) is 5. The number of nitrogens with one attached hydrogen (secondary N) is 1. The van der Waals surface area contributed by atoms with Gasteiger partial charge < -0.3 is 15.3 Å². The highest BCUT2D eigenvalue weighted by atomic mass is 35.5. The van der Waals surface area contributed by atoms with Gasteiger partial charge in [0.05, 0.1) is 23.8 Å². The summed E-state index contributed by atoms with van der Waals surface area (Å²) >= 11 is 6.25. The van der Waals surface area contributed by atoms with Gasteiger partial charge in [-0.1, -0.05) is 11.6 Å². The molecule has 3 aromatic rings. The first kappa shape index (κ1) is 19.3. The number of piperidine rings is 1. The third-order valence-electron chi connectivity index (χ3n) is 6.59. The average Bonchev–Trinajstić information content (AvgIpc) is 3.29. The summed E-state index contributed by atoms with van der Waals surface area (Å²) in [5.41, 5.74) is 1.23. The second-order valence-corrected chi connectivity index (χ2v) is 8.64. The zero-order valence-electron chi connectivity index (χ0n) is 16.6. The van der Waals surface area contributed by atoms with Crippen LogP contribution in [0.1, 0.15) is 37.3 Å². The molecule has 2 amide bonds. The fraction of sp³-hybridized carbons (Fsp3) is 0.429. The van der Waals surface area contributed by atoms with Gasteiger partial charge in [0.1, 0.15) is 11.9 Å². The average molecular weight is 427 g/mol. The number of hydrogen-bond donors (Lipinski definition) is 2. The predicted molar refractivity (Wildman–Crippen MR) is 112 cm³/mol. The molecule has 30 heavy (non-hydrogen) atoms. The molecule has 1 fully saturated rings. The van der Waals surface area contributed by atoms with E-state index in [-0.39, 0.29) is 11.9 Å². The molecule has 1 aromatic carbocycles. The maximum absolute atomic E-state index is 12.5. The van der Waals surface area contributed by atoms with Crippen LogP contribution < -0.4 is 5.32 Å². The van der Waals surface area contributed by atoms with Gasteiger partial charge in [-0.05, 0) is 43.9 Å². The lowest BCUT2D eigenvalue weighted by Gasteiger charge is -2.42. The Bertz CT molecular complexity index is 1100. The van der Waals surface area contributed by atoms with Gasteiger partial charge in [0, 0.05) is 41.5 Å². The number of rotatable bonds is 3. The number of likely N-dealkylation sites (tertiary alicyclic amines) is 1.